The molecule has 1 amide bonds. The number of aromatic nitrogens is 1. The van der Waals surface area contributed by atoms with Gasteiger partial charge in [-0.05, 0) is 31.7 Å². The maximum Gasteiger partial charge on any atom is 0.251 e. The number of rotatable bonds is 3. The second-order valence-electron chi connectivity index (χ2n) is 4.61. The van der Waals surface area contributed by atoms with Crippen LogP contribution >= 0.6 is 0 Å². The summed E-state index contributed by atoms with van der Waals surface area (Å²) in [7, 11) is 0. The lowest BCUT2D eigenvalue weighted by Gasteiger charge is -2.25. The fourth-order valence-electron chi connectivity index (χ4n) is 2.47. The average Bonchev–Trinajstić information content (AvgIpc) is 2.33. The van der Waals surface area contributed by atoms with Gasteiger partial charge in [0, 0.05) is 24.3 Å². The number of carbonyl (C=O) groups is 1. The summed E-state index contributed by atoms with van der Waals surface area (Å²) in [6.45, 7) is 2.52. The van der Waals surface area contributed by atoms with E-state index in [0.29, 0.717) is 6.54 Å². The first-order chi connectivity index (χ1) is 8.63. The zero-order chi connectivity index (χ0) is 13.1. The summed E-state index contributed by atoms with van der Waals surface area (Å²) < 4.78 is 1.55. The second-order valence-corrected chi connectivity index (χ2v) is 4.61. The lowest BCUT2D eigenvalue weighted by atomic mass is 9.91. The Balaban J connectivity index is 2.37. The standard InChI is InChI=1S/C13H19N3O2/c1-2-15-12(17)8-16-11-5-3-4-10(14)9(11)6-7-13(16)18/h6-7,10H,2-5,8,14H2,1H3,(H,15,17). The van der Waals surface area contributed by atoms with Gasteiger partial charge in [0.25, 0.3) is 5.56 Å². The third-order valence-corrected chi connectivity index (χ3v) is 3.33. The van der Waals surface area contributed by atoms with E-state index in [1.165, 1.54) is 6.07 Å². The van der Waals surface area contributed by atoms with Crippen LogP contribution in [0.15, 0.2) is 16.9 Å². The van der Waals surface area contributed by atoms with Crippen molar-refractivity contribution in [3.63, 3.8) is 0 Å². The second kappa shape index (κ2) is 5.35. The number of carbonyl (C=O) groups excluding carboxylic acids is 1. The average molecular weight is 249 g/mol. The molecule has 1 aromatic heterocycles. The molecule has 2 rings (SSSR count). The van der Waals surface area contributed by atoms with Crippen molar-refractivity contribution in [2.75, 3.05) is 6.54 Å². The van der Waals surface area contributed by atoms with E-state index in [4.69, 9.17) is 5.73 Å². The highest BCUT2D eigenvalue weighted by molar-refractivity contribution is 5.75. The molecule has 0 aromatic carbocycles. The van der Waals surface area contributed by atoms with Gasteiger partial charge in [-0.3, -0.25) is 9.59 Å². The first kappa shape index (κ1) is 12.8. The summed E-state index contributed by atoms with van der Waals surface area (Å²) in [6, 6.07) is 3.29. The fourth-order valence-corrected chi connectivity index (χ4v) is 2.47. The molecule has 1 aliphatic rings. The van der Waals surface area contributed by atoms with Gasteiger partial charge in [-0.15, -0.1) is 0 Å². The van der Waals surface area contributed by atoms with E-state index in [-0.39, 0.29) is 24.1 Å². The number of nitrogens with two attached hydrogens (primary N) is 1. The summed E-state index contributed by atoms with van der Waals surface area (Å²) in [4.78, 5) is 23.5. The molecule has 0 aliphatic heterocycles. The van der Waals surface area contributed by atoms with Crippen molar-refractivity contribution in [1.29, 1.82) is 0 Å². The van der Waals surface area contributed by atoms with Crippen molar-refractivity contribution in [2.24, 2.45) is 5.73 Å². The van der Waals surface area contributed by atoms with E-state index in [1.54, 1.807) is 10.6 Å². The smallest absolute Gasteiger partial charge is 0.251 e. The predicted octanol–water partition coefficient (Wildman–Crippen LogP) is 0.320. The maximum atomic E-state index is 11.9. The zero-order valence-electron chi connectivity index (χ0n) is 10.6. The highest BCUT2D eigenvalue weighted by Gasteiger charge is 2.20. The molecule has 0 spiro atoms. The molecule has 5 nitrogen and oxygen atoms in total. The van der Waals surface area contributed by atoms with Gasteiger partial charge in [0.1, 0.15) is 6.54 Å². The molecule has 1 unspecified atom stereocenters. The van der Waals surface area contributed by atoms with Crippen molar-refractivity contribution in [2.45, 2.75) is 38.8 Å². The van der Waals surface area contributed by atoms with Crippen LogP contribution in [0.3, 0.4) is 0 Å². The number of nitrogens with one attached hydrogen (secondary N) is 1. The monoisotopic (exact) mass is 249 g/mol. The van der Waals surface area contributed by atoms with E-state index in [1.807, 2.05) is 6.92 Å². The van der Waals surface area contributed by atoms with E-state index >= 15 is 0 Å². The normalized spacial score (nSPS) is 18.2. The molecule has 0 saturated carbocycles. The van der Waals surface area contributed by atoms with Crippen molar-refractivity contribution in [3.8, 4) is 0 Å². The van der Waals surface area contributed by atoms with Crippen LogP contribution in [-0.4, -0.2) is 17.0 Å². The van der Waals surface area contributed by atoms with Crippen molar-refractivity contribution < 1.29 is 4.79 Å². The van der Waals surface area contributed by atoms with Gasteiger partial charge in [-0.25, -0.2) is 0 Å². The summed E-state index contributed by atoms with van der Waals surface area (Å²) >= 11 is 0. The maximum absolute atomic E-state index is 11.9. The predicted molar refractivity (Wildman–Crippen MR) is 69.3 cm³/mol. The van der Waals surface area contributed by atoms with Crippen LogP contribution < -0.4 is 16.6 Å². The minimum Gasteiger partial charge on any atom is -0.355 e. The molecule has 98 valence electrons. The Morgan fingerprint density at radius 1 is 1.56 bits per heavy atom. The third-order valence-electron chi connectivity index (χ3n) is 3.33. The zero-order valence-corrected chi connectivity index (χ0v) is 10.6. The molecule has 18 heavy (non-hydrogen) atoms. The summed E-state index contributed by atoms with van der Waals surface area (Å²) in [5.41, 5.74) is 7.84. The molecule has 0 fully saturated rings. The van der Waals surface area contributed by atoms with Gasteiger partial charge in [-0.1, -0.05) is 6.07 Å². The van der Waals surface area contributed by atoms with Gasteiger partial charge < -0.3 is 15.6 Å². The summed E-state index contributed by atoms with van der Waals surface area (Å²) in [6.07, 6.45) is 2.72. The van der Waals surface area contributed by atoms with Crippen LogP contribution in [0.5, 0.6) is 0 Å². The number of nitrogens with zero attached hydrogens (tertiary/aromatic N) is 1. The molecule has 3 N–H and O–H groups in total. The SMILES string of the molecule is CCNC(=O)Cn1c2c(ccc1=O)C(N)CCC2. The molecular weight excluding hydrogens is 230 g/mol. The minimum absolute atomic E-state index is 0.0187. The number of hydrogen-bond acceptors (Lipinski definition) is 3. The Morgan fingerprint density at radius 2 is 2.33 bits per heavy atom. The quantitative estimate of drug-likeness (QED) is 0.810. The largest absolute Gasteiger partial charge is 0.355 e. The topological polar surface area (TPSA) is 77.1 Å². The van der Waals surface area contributed by atoms with Gasteiger partial charge in [0.2, 0.25) is 5.91 Å². The molecule has 1 atom stereocenters. The molecular formula is C13H19N3O2. The molecule has 1 heterocycles. The van der Waals surface area contributed by atoms with Gasteiger partial charge in [0.15, 0.2) is 0 Å². The Labute approximate surface area is 106 Å². The van der Waals surface area contributed by atoms with Gasteiger partial charge in [-0.2, -0.15) is 0 Å². The van der Waals surface area contributed by atoms with Crippen molar-refractivity contribution >= 4 is 5.91 Å². The molecule has 0 saturated heterocycles. The van der Waals surface area contributed by atoms with Crippen LogP contribution in [0.1, 0.15) is 37.1 Å². The highest BCUT2D eigenvalue weighted by atomic mass is 16.2. The summed E-state index contributed by atoms with van der Waals surface area (Å²) in [5.74, 6) is -0.132. The highest BCUT2D eigenvalue weighted by Crippen LogP contribution is 2.26. The number of likely N-dealkylation sites (N-methyl/N-ethyl adjacent to an activating group) is 1. The molecule has 0 radical (unpaired) electrons. The van der Waals surface area contributed by atoms with Crippen molar-refractivity contribution in [3.05, 3.63) is 33.7 Å². The van der Waals surface area contributed by atoms with Crippen molar-refractivity contribution in [1.82, 2.24) is 9.88 Å². The molecule has 5 heteroatoms. The molecule has 1 aromatic rings. The van der Waals surface area contributed by atoms with Crippen LogP contribution in [0, 0.1) is 0 Å². The number of pyridine rings is 1. The Hall–Kier alpha value is -1.62. The fraction of sp³-hybridized carbons (Fsp3) is 0.538. The van der Waals surface area contributed by atoms with E-state index in [9.17, 15) is 9.59 Å². The Morgan fingerprint density at radius 3 is 3.06 bits per heavy atom. The number of hydrogen-bond donors (Lipinski definition) is 2. The van der Waals surface area contributed by atoms with Crippen LogP contribution in [0.25, 0.3) is 0 Å². The number of amides is 1. The number of fused-ring (bicyclic) bond motifs is 1. The summed E-state index contributed by atoms with van der Waals surface area (Å²) in [5, 5.41) is 2.71. The lowest BCUT2D eigenvalue weighted by Crippen LogP contribution is -2.35. The van der Waals surface area contributed by atoms with Gasteiger partial charge in [0.05, 0.1) is 0 Å². The first-order valence-electron chi connectivity index (χ1n) is 6.38. The Bertz CT molecular complexity index is 507. The minimum atomic E-state index is -0.132. The Kier molecular flexibility index (Phi) is 3.81. The van der Waals surface area contributed by atoms with Crippen LogP contribution in [-0.2, 0) is 17.8 Å². The third kappa shape index (κ3) is 2.46. The molecule has 1 aliphatic carbocycles. The first-order valence-corrected chi connectivity index (χ1v) is 6.38. The lowest BCUT2D eigenvalue weighted by molar-refractivity contribution is -0.121. The molecule has 0 bridgehead atoms. The van der Waals surface area contributed by atoms with E-state index < -0.39 is 0 Å². The van der Waals surface area contributed by atoms with Crippen LogP contribution in [0.2, 0.25) is 0 Å². The van der Waals surface area contributed by atoms with E-state index in [2.05, 4.69) is 5.32 Å². The van der Waals surface area contributed by atoms with Crippen LogP contribution in [0.4, 0.5) is 0 Å². The van der Waals surface area contributed by atoms with E-state index in [0.717, 1.165) is 30.5 Å². The van der Waals surface area contributed by atoms with Gasteiger partial charge >= 0.3 is 0 Å².